The Morgan fingerprint density at radius 3 is 1.84 bits per heavy atom. The Morgan fingerprint density at radius 2 is 1.23 bits per heavy atom. The molecule has 0 spiro atoms. The van der Waals surface area contributed by atoms with Crippen LogP contribution in [0.25, 0.3) is 0 Å². The van der Waals surface area contributed by atoms with Gasteiger partial charge in [-0.2, -0.15) is 0 Å². The molecule has 0 radical (unpaired) electrons. The average Bonchev–Trinajstić information content (AvgIpc) is 2.80. The summed E-state index contributed by atoms with van der Waals surface area (Å²) in [5.74, 6) is 0.342. The maximum Gasteiger partial charge on any atom is 0.127 e. The van der Waals surface area contributed by atoms with Gasteiger partial charge in [-0.15, -0.1) is 0 Å². The molecule has 0 fully saturated rings. The zero-order valence-electron chi connectivity index (χ0n) is 16.9. The molecule has 0 amide bonds. The van der Waals surface area contributed by atoms with Crippen LogP contribution in [0.4, 0.5) is 11.4 Å². The highest BCUT2D eigenvalue weighted by atomic mass is 16.3. The number of phenols is 2. The lowest BCUT2D eigenvalue weighted by atomic mass is 10.00. The van der Waals surface area contributed by atoms with E-state index in [1.807, 2.05) is 91.0 Å². The summed E-state index contributed by atoms with van der Waals surface area (Å²) in [6.45, 7) is 0. The fraction of sp³-hybridized carbons (Fsp3) is 0.0370. The molecule has 4 aromatic carbocycles. The molecule has 0 atom stereocenters. The summed E-state index contributed by atoms with van der Waals surface area (Å²) < 4.78 is 0. The van der Waals surface area contributed by atoms with Crippen LogP contribution < -0.4 is 0 Å². The second-order valence-electron chi connectivity index (χ2n) is 7.11. The number of phenolic OH excluding ortho intramolecular Hbond substituents is 2. The molecule has 2 N–H and O–H groups in total. The normalized spacial score (nSPS) is 11.4. The molecule has 0 bridgehead atoms. The van der Waals surface area contributed by atoms with Gasteiger partial charge in [0.05, 0.1) is 11.4 Å². The second-order valence-corrected chi connectivity index (χ2v) is 7.11. The van der Waals surface area contributed by atoms with Gasteiger partial charge in [-0.3, -0.25) is 9.98 Å². The fourth-order valence-corrected chi connectivity index (χ4v) is 3.20. The van der Waals surface area contributed by atoms with E-state index in [-0.39, 0.29) is 11.5 Å². The van der Waals surface area contributed by atoms with Crippen LogP contribution in [0.5, 0.6) is 11.5 Å². The van der Waals surface area contributed by atoms with E-state index in [0.29, 0.717) is 17.5 Å². The van der Waals surface area contributed by atoms with Crippen molar-refractivity contribution in [2.45, 2.75) is 6.42 Å². The number of hydrogen-bond donors (Lipinski definition) is 2. The Kier molecular flexibility index (Phi) is 6.19. The summed E-state index contributed by atoms with van der Waals surface area (Å²) >= 11 is 0. The third kappa shape index (κ3) is 5.25. The van der Waals surface area contributed by atoms with Crippen molar-refractivity contribution in [3.05, 3.63) is 119 Å². The van der Waals surface area contributed by atoms with Gasteiger partial charge in [0.25, 0.3) is 0 Å². The van der Waals surface area contributed by atoms with E-state index in [4.69, 9.17) is 0 Å². The maximum atomic E-state index is 10.7. The topological polar surface area (TPSA) is 65.2 Å². The lowest BCUT2D eigenvalue weighted by Crippen LogP contribution is -1.93. The molecule has 0 unspecified atom stereocenters. The predicted octanol–water partition coefficient (Wildman–Crippen LogP) is 6.19. The van der Waals surface area contributed by atoms with E-state index in [1.54, 1.807) is 18.5 Å². The lowest BCUT2D eigenvalue weighted by Gasteiger charge is -2.09. The predicted molar refractivity (Wildman–Crippen MR) is 126 cm³/mol. The molecule has 0 saturated carbocycles. The van der Waals surface area contributed by atoms with Crippen molar-refractivity contribution >= 4 is 23.8 Å². The van der Waals surface area contributed by atoms with Gasteiger partial charge in [-0.25, -0.2) is 0 Å². The highest BCUT2D eigenvalue weighted by molar-refractivity contribution is 5.86. The number of para-hydroxylation sites is 3. The molecule has 152 valence electrons. The molecule has 4 nitrogen and oxygen atoms in total. The third-order valence-electron chi connectivity index (χ3n) is 4.86. The van der Waals surface area contributed by atoms with Crippen molar-refractivity contribution in [2.75, 3.05) is 0 Å². The molecule has 0 heterocycles. The zero-order chi connectivity index (χ0) is 21.5. The van der Waals surface area contributed by atoms with Crippen LogP contribution >= 0.6 is 0 Å². The highest BCUT2D eigenvalue weighted by Gasteiger charge is 2.08. The Bertz CT molecular complexity index is 1220. The minimum atomic E-state index is 0.151. The first kappa shape index (κ1) is 20.1. The standard InChI is InChI=1S/C27H22N2O2/c30-26-17-20(14-15-22(26)18-28-24-10-3-1-4-11-24)16-21-8-7-9-23(27(21)31)19-29-25-12-5-2-6-13-25/h1-15,17-19,30-31H,16H2. The van der Waals surface area contributed by atoms with Gasteiger partial charge in [0.15, 0.2) is 0 Å². The number of nitrogens with zero attached hydrogens (tertiary/aromatic N) is 2. The smallest absolute Gasteiger partial charge is 0.127 e. The Balaban J connectivity index is 1.51. The van der Waals surface area contributed by atoms with Crippen LogP contribution in [0.3, 0.4) is 0 Å². The summed E-state index contributed by atoms with van der Waals surface area (Å²) in [4.78, 5) is 8.80. The summed E-state index contributed by atoms with van der Waals surface area (Å²) in [5.41, 5.74) is 4.59. The van der Waals surface area contributed by atoms with Crippen molar-refractivity contribution < 1.29 is 10.2 Å². The average molecular weight is 406 g/mol. The number of aromatic hydroxyl groups is 2. The van der Waals surface area contributed by atoms with Crippen molar-refractivity contribution in [3.63, 3.8) is 0 Å². The van der Waals surface area contributed by atoms with E-state index >= 15 is 0 Å². The maximum absolute atomic E-state index is 10.7. The van der Waals surface area contributed by atoms with Gasteiger partial charge in [-0.1, -0.05) is 54.6 Å². The van der Waals surface area contributed by atoms with E-state index in [2.05, 4.69) is 9.98 Å². The van der Waals surface area contributed by atoms with Crippen molar-refractivity contribution in [3.8, 4) is 11.5 Å². The fourth-order valence-electron chi connectivity index (χ4n) is 3.20. The summed E-state index contributed by atoms with van der Waals surface area (Å²) in [7, 11) is 0. The highest BCUT2D eigenvalue weighted by Crippen LogP contribution is 2.27. The Labute approximate surface area is 181 Å². The molecule has 4 rings (SSSR count). The monoisotopic (exact) mass is 406 g/mol. The second kappa shape index (κ2) is 9.55. The van der Waals surface area contributed by atoms with Crippen LogP contribution in [-0.2, 0) is 6.42 Å². The number of rotatable bonds is 6. The number of benzene rings is 4. The van der Waals surface area contributed by atoms with E-state index in [1.165, 1.54) is 0 Å². The first-order valence-corrected chi connectivity index (χ1v) is 10.00. The van der Waals surface area contributed by atoms with Gasteiger partial charge in [0.2, 0.25) is 0 Å². The van der Waals surface area contributed by atoms with Crippen LogP contribution in [0, 0.1) is 0 Å². The first-order chi connectivity index (χ1) is 15.2. The minimum absolute atomic E-state index is 0.151. The Morgan fingerprint density at radius 1 is 0.613 bits per heavy atom. The van der Waals surface area contributed by atoms with Crippen molar-refractivity contribution in [1.29, 1.82) is 0 Å². The van der Waals surface area contributed by atoms with E-state index < -0.39 is 0 Å². The van der Waals surface area contributed by atoms with E-state index in [0.717, 1.165) is 22.5 Å². The molecule has 0 aliphatic heterocycles. The lowest BCUT2D eigenvalue weighted by molar-refractivity contribution is 0.467. The Hall–Kier alpha value is -4.18. The minimum Gasteiger partial charge on any atom is -0.507 e. The molecule has 4 aromatic rings. The molecule has 31 heavy (non-hydrogen) atoms. The molecular formula is C27H22N2O2. The molecule has 0 aliphatic carbocycles. The SMILES string of the molecule is Oc1cc(Cc2cccc(C=Nc3ccccc3)c2O)ccc1C=Nc1ccccc1. The molecular weight excluding hydrogens is 384 g/mol. The van der Waals surface area contributed by atoms with Gasteiger partial charge >= 0.3 is 0 Å². The van der Waals surface area contributed by atoms with Crippen LogP contribution in [0.2, 0.25) is 0 Å². The summed E-state index contributed by atoms with van der Waals surface area (Å²) in [6, 6.07) is 30.2. The van der Waals surface area contributed by atoms with Gasteiger partial charge < -0.3 is 10.2 Å². The number of hydrogen-bond acceptors (Lipinski definition) is 4. The van der Waals surface area contributed by atoms with Crippen LogP contribution in [0.1, 0.15) is 22.3 Å². The first-order valence-electron chi connectivity index (χ1n) is 10.00. The molecule has 0 aromatic heterocycles. The van der Waals surface area contributed by atoms with E-state index in [9.17, 15) is 10.2 Å². The van der Waals surface area contributed by atoms with Gasteiger partial charge in [0.1, 0.15) is 11.5 Å². The third-order valence-corrected chi connectivity index (χ3v) is 4.86. The van der Waals surface area contributed by atoms with Gasteiger partial charge in [-0.05, 0) is 53.6 Å². The quantitative estimate of drug-likeness (QED) is 0.375. The van der Waals surface area contributed by atoms with Crippen molar-refractivity contribution in [2.24, 2.45) is 9.98 Å². The summed E-state index contributed by atoms with van der Waals surface area (Å²) in [6.07, 6.45) is 3.80. The molecule has 4 heteroatoms. The number of aliphatic imine (C=N–C) groups is 2. The summed E-state index contributed by atoms with van der Waals surface area (Å²) in [5, 5.41) is 21.1. The largest absolute Gasteiger partial charge is 0.507 e. The van der Waals surface area contributed by atoms with Crippen molar-refractivity contribution in [1.82, 2.24) is 0 Å². The van der Waals surface area contributed by atoms with Crippen LogP contribution in [0.15, 0.2) is 107 Å². The molecule has 0 saturated heterocycles. The van der Waals surface area contributed by atoms with Gasteiger partial charge in [0, 0.05) is 30.0 Å². The van der Waals surface area contributed by atoms with Crippen LogP contribution in [-0.4, -0.2) is 22.6 Å². The zero-order valence-corrected chi connectivity index (χ0v) is 16.9. The molecule has 0 aliphatic rings.